The number of carbonyl (C=O) groups excluding carboxylic acids is 1. The third-order valence-corrected chi connectivity index (χ3v) is 7.16. The van der Waals surface area contributed by atoms with E-state index in [1.807, 2.05) is 4.90 Å². The van der Waals surface area contributed by atoms with Crippen LogP contribution in [-0.2, 0) is 30.5 Å². The van der Waals surface area contributed by atoms with Gasteiger partial charge in [-0.05, 0) is 65.6 Å². The molecule has 0 aromatic heterocycles. The third kappa shape index (κ3) is 5.61. The Kier molecular flexibility index (Phi) is 6.90. The molecular weight excluding hydrogens is 489 g/mol. The van der Waals surface area contributed by atoms with Crippen LogP contribution in [0.5, 0.6) is 0 Å². The molecule has 3 aromatic rings. The van der Waals surface area contributed by atoms with Crippen LogP contribution in [0.3, 0.4) is 0 Å². The first-order valence-electron chi connectivity index (χ1n) is 12.1. The molecule has 2 atom stereocenters. The summed E-state index contributed by atoms with van der Waals surface area (Å²) in [5.41, 5.74) is 2.16. The van der Waals surface area contributed by atoms with Crippen LogP contribution >= 0.6 is 0 Å². The minimum absolute atomic E-state index is 0.181. The third-order valence-electron chi connectivity index (χ3n) is 7.16. The Labute approximate surface area is 211 Å². The van der Waals surface area contributed by atoms with Crippen molar-refractivity contribution in [1.29, 1.82) is 0 Å². The number of alkyl halides is 3. The molecule has 1 N–H and O–H groups in total. The lowest BCUT2D eigenvalue weighted by atomic mass is 9.82. The van der Waals surface area contributed by atoms with Gasteiger partial charge in [-0.1, -0.05) is 24.3 Å². The van der Waals surface area contributed by atoms with E-state index in [0.29, 0.717) is 31.7 Å². The van der Waals surface area contributed by atoms with E-state index in [4.69, 9.17) is 0 Å². The number of carbonyl (C=O) groups is 1. The molecule has 0 spiro atoms. The van der Waals surface area contributed by atoms with E-state index >= 15 is 0 Å². The molecule has 194 valence electrons. The molecule has 1 amide bonds. The fraction of sp³-hybridized carbons (Fsp3) is 0.321. The van der Waals surface area contributed by atoms with E-state index in [1.54, 1.807) is 24.3 Å². The summed E-state index contributed by atoms with van der Waals surface area (Å²) in [6.45, 7) is 2.50. The lowest BCUT2D eigenvalue weighted by Crippen LogP contribution is -2.60. The SMILES string of the molecule is O=C(NCc1ccc(F)cc1)[C@H]1Cc2cc(C(F)(F)F)ccc2N2CCN(Cc3ccc(F)cc3)C[C@H]12. The zero-order valence-corrected chi connectivity index (χ0v) is 19.9. The van der Waals surface area contributed by atoms with Crippen molar-refractivity contribution < 1.29 is 26.7 Å². The van der Waals surface area contributed by atoms with E-state index in [-0.39, 0.29) is 36.5 Å². The molecule has 0 radical (unpaired) electrons. The molecule has 0 bridgehead atoms. The summed E-state index contributed by atoms with van der Waals surface area (Å²) < 4.78 is 66.8. The van der Waals surface area contributed by atoms with Crippen LogP contribution in [0.1, 0.15) is 22.3 Å². The maximum atomic E-state index is 13.4. The second kappa shape index (κ2) is 10.1. The average molecular weight is 516 g/mol. The number of hydrogen-bond donors (Lipinski definition) is 1. The summed E-state index contributed by atoms with van der Waals surface area (Å²) in [6.07, 6.45) is -4.29. The fourth-order valence-corrected chi connectivity index (χ4v) is 5.27. The largest absolute Gasteiger partial charge is 0.416 e. The van der Waals surface area contributed by atoms with E-state index in [1.165, 1.54) is 30.3 Å². The predicted molar refractivity (Wildman–Crippen MR) is 130 cm³/mol. The van der Waals surface area contributed by atoms with Crippen molar-refractivity contribution in [2.45, 2.75) is 31.7 Å². The van der Waals surface area contributed by atoms with Crippen molar-refractivity contribution in [3.63, 3.8) is 0 Å². The molecule has 4 nitrogen and oxygen atoms in total. The number of hydrogen-bond acceptors (Lipinski definition) is 3. The molecule has 5 rings (SSSR count). The fourth-order valence-electron chi connectivity index (χ4n) is 5.27. The highest BCUT2D eigenvalue weighted by Crippen LogP contribution is 2.40. The number of fused-ring (bicyclic) bond motifs is 3. The van der Waals surface area contributed by atoms with Gasteiger partial charge in [0.2, 0.25) is 5.91 Å². The van der Waals surface area contributed by atoms with Crippen molar-refractivity contribution in [3.05, 3.63) is 101 Å². The average Bonchev–Trinajstić information content (AvgIpc) is 2.88. The number of anilines is 1. The van der Waals surface area contributed by atoms with Crippen LogP contribution < -0.4 is 10.2 Å². The molecular formula is C28H26F5N3O. The molecule has 0 unspecified atom stereocenters. The second-order valence-electron chi connectivity index (χ2n) is 9.62. The maximum absolute atomic E-state index is 13.4. The number of nitrogens with zero attached hydrogens (tertiary/aromatic N) is 2. The molecule has 3 aromatic carbocycles. The lowest BCUT2D eigenvalue weighted by Gasteiger charge is -2.49. The minimum Gasteiger partial charge on any atom is -0.365 e. The lowest BCUT2D eigenvalue weighted by molar-refractivity contribution is -0.137. The molecule has 1 fully saturated rings. The summed E-state index contributed by atoms with van der Waals surface area (Å²) in [5.74, 6) is -1.52. The Morgan fingerprint density at radius 2 is 1.54 bits per heavy atom. The van der Waals surface area contributed by atoms with Gasteiger partial charge in [-0.2, -0.15) is 13.2 Å². The summed E-state index contributed by atoms with van der Waals surface area (Å²) in [5, 5.41) is 2.90. The first-order chi connectivity index (χ1) is 17.7. The van der Waals surface area contributed by atoms with Gasteiger partial charge in [-0.15, -0.1) is 0 Å². The Hall–Kier alpha value is -3.46. The summed E-state index contributed by atoms with van der Waals surface area (Å²) in [4.78, 5) is 17.6. The number of nitrogens with one attached hydrogen (secondary N) is 1. The molecule has 1 saturated heterocycles. The van der Waals surface area contributed by atoms with Crippen LogP contribution in [0.4, 0.5) is 27.6 Å². The summed E-state index contributed by atoms with van der Waals surface area (Å²) in [6, 6.07) is 15.6. The normalized spacial score (nSPS) is 19.8. The number of amides is 1. The van der Waals surface area contributed by atoms with Gasteiger partial charge in [0.05, 0.1) is 17.5 Å². The monoisotopic (exact) mass is 515 g/mol. The Bertz CT molecular complexity index is 1260. The van der Waals surface area contributed by atoms with Gasteiger partial charge in [0, 0.05) is 38.4 Å². The molecule has 9 heteroatoms. The number of rotatable bonds is 5. The zero-order valence-electron chi connectivity index (χ0n) is 19.9. The van der Waals surface area contributed by atoms with Crippen molar-refractivity contribution in [2.24, 2.45) is 5.92 Å². The first-order valence-corrected chi connectivity index (χ1v) is 12.1. The van der Waals surface area contributed by atoms with E-state index in [2.05, 4.69) is 10.2 Å². The van der Waals surface area contributed by atoms with Crippen molar-refractivity contribution in [3.8, 4) is 0 Å². The van der Waals surface area contributed by atoms with Crippen LogP contribution in [-0.4, -0.2) is 36.5 Å². The Balaban J connectivity index is 1.39. The molecule has 0 aliphatic carbocycles. The Morgan fingerprint density at radius 1 is 0.892 bits per heavy atom. The number of piperazine rings is 1. The van der Waals surface area contributed by atoms with E-state index in [9.17, 15) is 26.7 Å². The van der Waals surface area contributed by atoms with Gasteiger partial charge >= 0.3 is 6.18 Å². The van der Waals surface area contributed by atoms with Crippen LogP contribution in [0.15, 0.2) is 66.7 Å². The van der Waals surface area contributed by atoms with Crippen LogP contribution in [0.2, 0.25) is 0 Å². The highest BCUT2D eigenvalue weighted by atomic mass is 19.4. The second-order valence-corrected chi connectivity index (χ2v) is 9.62. The zero-order chi connectivity index (χ0) is 26.2. The first kappa shape index (κ1) is 25.2. The Morgan fingerprint density at radius 3 is 2.19 bits per heavy atom. The molecule has 0 saturated carbocycles. The van der Waals surface area contributed by atoms with Gasteiger partial charge in [-0.25, -0.2) is 8.78 Å². The van der Waals surface area contributed by atoms with Gasteiger partial charge in [0.25, 0.3) is 0 Å². The van der Waals surface area contributed by atoms with Gasteiger partial charge in [0.15, 0.2) is 0 Å². The van der Waals surface area contributed by atoms with E-state index in [0.717, 1.165) is 28.9 Å². The van der Waals surface area contributed by atoms with Gasteiger partial charge < -0.3 is 10.2 Å². The van der Waals surface area contributed by atoms with Crippen LogP contribution in [0.25, 0.3) is 0 Å². The molecule has 2 heterocycles. The van der Waals surface area contributed by atoms with Gasteiger partial charge in [-0.3, -0.25) is 9.69 Å². The standard InChI is InChI=1S/C28H26F5N3O/c29-22-6-1-18(2-7-22)15-34-27(37)24-14-20-13-21(28(31,32)33)5-10-25(20)36-12-11-35(17-26(24)36)16-19-3-8-23(30)9-4-19/h1-10,13,24,26H,11-12,14-17H2,(H,34,37)/t24-,26+/m0/s1. The molecule has 2 aliphatic rings. The van der Waals surface area contributed by atoms with Crippen LogP contribution in [0, 0.1) is 17.6 Å². The van der Waals surface area contributed by atoms with Crippen molar-refractivity contribution in [1.82, 2.24) is 10.2 Å². The quantitative estimate of drug-likeness (QED) is 0.477. The topological polar surface area (TPSA) is 35.6 Å². The number of halogens is 5. The molecule has 37 heavy (non-hydrogen) atoms. The highest BCUT2D eigenvalue weighted by molar-refractivity contribution is 5.82. The smallest absolute Gasteiger partial charge is 0.365 e. The maximum Gasteiger partial charge on any atom is 0.416 e. The highest BCUT2D eigenvalue weighted by Gasteiger charge is 2.42. The summed E-state index contributed by atoms with van der Waals surface area (Å²) in [7, 11) is 0. The minimum atomic E-state index is -4.47. The van der Waals surface area contributed by atoms with E-state index < -0.39 is 17.7 Å². The van der Waals surface area contributed by atoms with Crippen molar-refractivity contribution >= 4 is 11.6 Å². The predicted octanol–water partition coefficient (Wildman–Crippen LogP) is 5.16. The van der Waals surface area contributed by atoms with Crippen molar-refractivity contribution in [2.75, 3.05) is 24.5 Å². The summed E-state index contributed by atoms with van der Waals surface area (Å²) >= 11 is 0. The van der Waals surface area contributed by atoms with Gasteiger partial charge in [0.1, 0.15) is 11.6 Å². The molecule has 2 aliphatic heterocycles. The number of benzene rings is 3.